The lowest BCUT2D eigenvalue weighted by molar-refractivity contribution is -0.123. The highest BCUT2D eigenvalue weighted by atomic mass is 16.2. The third kappa shape index (κ3) is 4.62. The Labute approximate surface area is 147 Å². The maximum absolute atomic E-state index is 12.4. The molecule has 1 fully saturated rings. The molecule has 0 spiro atoms. The molecule has 0 heterocycles. The molecule has 0 unspecified atom stereocenters. The van der Waals surface area contributed by atoms with E-state index < -0.39 is 0 Å². The Balaban J connectivity index is 1.66. The lowest BCUT2D eigenvalue weighted by Gasteiger charge is -2.19. The van der Waals surface area contributed by atoms with Crippen molar-refractivity contribution in [3.63, 3.8) is 0 Å². The number of carbonyl (C=O) groups is 1. The lowest BCUT2D eigenvalue weighted by atomic mass is 10.1. The number of nitrogens with one attached hydrogen (secondary N) is 1. The minimum absolute atomic E-state index is 0.106. The Morgan fingerprint density at radius 2 is 1.88 bits per heavy atom. The number of nitrogens with zero attached hydrogens (tertiary/aromatic N) is 1. The molecule has 2 atom stereocenters. The van der Waals surface area contributed by atoms with E-state index in [2.05, 4.69) is 75.3 Å². The molecule has 0 saturated heterocycles. The highest BCUT2D eigenvalue weighted by molar-refractivity contribution is 5.83. The molecule has 0 radical (unpaired) electrons. The summed E-state index contributed by atoms with van der Waals surface area (Å²) in [6.45, 7) is 10.4. The van der Waals surface area contributed by atoms with Crippen LogP contribution in [-0.2, 0) is 4.79 Å². The van der Waals surface area contributed by atoms with Gasteiger partial charge in [0.15, 0.2) is 0 Å². The van der Waals surface area contributed by atoms with Crippen molar-refractivity contribution in [3.05, 3.63) is 42.0 Å². The molecule has 0 bridgehead atoms. The second kappa shape index (κ2) is 7.87. The smallest absolute Gasteiger partial charge is 0.224 e. The first-order chi connectivity index (χ1) is 11.3. The van der Waals surface area contributed by atoms with Crippen molar-refractivity contribution in [2.45, 2.75) is 40.5 Å². The van der Waals surface area contributed by atoms with Crippen molar-refractivity contribution in [2.75, 3.05) is 25.0 Å². The number of anilines is 1. The molecule has 1 N–H and O–H groups in total. The number of benzene rings is 1. The summed E-state index contributed by atoms with van der Waals surface area (Å²) in [5, 5.41) is 3.13. The molecule has 3 heteroatoms. The van der Waals surface area contributed by atoms with E-state index >= 15 is 0 Å². The summed E-state index contributed by atoms with van der Waals surface area (Å²) < 4.78 is 0. The number of rotatable bonds is 8. The van der Waals surface area contributed by atoms with Crippen LogP contribution >= 0.6 is 0 Å². The Kier molecular flexibility index (Phi) is 6.09. The Hall–Kier alpha value is -1.77. The predicted molar refractivity (Wildman–Crippen MR) is 102 cm³/mol. The summed E-state index contributed by atoms with van der Waals surface area (Å²) in [7, 11) is 2.12. The summed E-state index contributed by atoms with van der Waals surface area (Å²) in [6, 6.07) is 10.4. The Morgan fingerprint density at radius 1 is 1.21 bits per heavy atom. The van der Waals surface area contributed by atoms with Gasteiger partial charge in [0, 0.05) is 25.8 Å². The molecule has 1 aromatic rings. The molecule has 0 aliphatic heterocycles. The van der Waals surface area contributed by atoms with E-state index in [-0.39, 0.29) is 17.2 Å². The van der Waals surface area contributed by atoms with Crippen LogP contribution in [0.25, 0.3) is 0 Å². The van der Waals surface area contributed by atoms with Crippen LogP contribution < -0.4 is 10.2 Å². The van der Waals surface area contributed by atoms with Crippen LogP contribution in [0.4, 0.5) is 5.69 Å². The summed E-state index contributed by atoms with van der Waals surface area (Å²) in [5.41, 5.74) is 2.65. The Bertz CT molecular complexity index is 573. The molecule has 1 saturated carbocycles. The first kappa shape index (κ1) is 18.6. The van der Waals surface area contributed by atoms with E-state index in [1.165, 1.54) is 11.3 Å². The van der Waals surface area contributed by atoms with Gasteiger partial charge < -0.3 is 10.2 Å². The van der Waals surface area contributed by atoms with Crippen LogP contribution in [0.2, 0.25) is 0 Å². The fourth-order valence-electron chi connectivity index (χ4n) is 3.46. The second-order valence-corrected chi connectivity index (χ2v) is 7.82. The van der Waals surface area contributed by atoms with Gasteiger partial charge in [-0.05, 0) is 50.2 Å². The number of hydrogen-bond acceptors (Lipinski definition) is 2. The van der Waals surface area contributed by atoms with Gasteiger partial charge in [0.2, 0.25) is 5.91 Å². The quantitative estimate of drug-likeness (QED) is 0.571. The fraction of sp³-hybridized carbons (Fsp3) is 0.571. The number of para-hydroxylation sites is 1. The van der Waals surface area contributed by atoms with E-state index in [1.54, 1.807) is 0 Å². The molecule has 3 nitrogen and oxygen atoms in total. The molecule has 24 heavy (non-hydrogen) atoms. The van der Waals surface area contributed by atoms with Gasteiger partial charge in [0.1, 0.15) is 0 Å². The van der Waals surface area contributed by atoms with E-state index in [9.17, 15) is 4.79 Å². The normalized spacial score (nSPS) is 21.0. The molecular formula is C21H32N2O. The third-order valence-corrected chi connectivity index (χ3v) is 5.12. The first-order valence-corrected chi connectivity index (χ1v) is 9.03. The van der Waals surface area contributed by atoms with Crippen LogP contribution in [0.15, 0.2) is 42.0 Å². The number of allylic oxidation sites excluding steroid dienone is 2. The SMILES string of the molecule is CC(C)=C[C@@H]1[C@H](C(=O)NCCCCN(C)c2ccccc2)C1(C)C. The van der Waals surface area contributed by atoms with Gasteiger partial charge in [-0.15, -0.1) is 0 Å². The number of carbonyl (C=O) groups excluding carboxylic acids is 1. The van der Waals surface area contributed by atoms with Gasteiger partial charge in [0.25, 0.3) is 0 Å². The van der Waals surface area contributed by atoms with Crippen molar-refractivity contribution >= 4 is 11.6 Å². The molecule has 1 amide bonds. The van der Waals surface area contributed by atoms with Gasteiger partial charge >= 0.3 is 0 Å². The zero-order chi connectivity index (χ0) is 17.7. The summed E-state index contributed by atoms with van der Waals surface area (Å²) >= 11 is 0. The lowest BCUT2D eigenvalue weighted by Crippen LogP contribution is -2.28. The highest BCUT2D eigenvalue weighted by Gasteiger charge is 2.60. The molecule has 1 aliphatic rings. The maximum atomic E-state index is 12.4. The molecule has 132 valence electrons. The van der Waals surface area contributed by atoms with Crippen molar-refractivity contribution in [2.24, 2.45) is 17.3 Å². The zero-order valence-corrected chi connectivity index (χ0v) is 15.8. The average molecular weight is 328 g/mol. The van der Waals surface area contributed by atoms with Gasteiger partial charge in [-0.1, -0.05) is 43.7 Å². The topological polar surface area (TPSA) is 32.3 Å². The van der Waals surface area contributed by atoms with Crippen LogP contribution in [0.3, 0.4) is 0 Å². The van der Waals surface area contributed by atoms with Gasteiger partial charge in [-0.3, -0.25) is 4.79 Å². The summed E-state index contributed by atoms with van der Waals surface area (Å²) in [6.07, 6.45) is 4.35. The van der Waals surface area contributed by atoms with Crippen molar-refractivity contribution in [1.82, 2.24) is 5.32 Å². The van der Waals surface area contributed by atoms with Gasteiger partial charge in [-0.25, -0.2) is 0 Å². The second-order valence-electron chi connectivity index (χ2n) is 7.82. The first-order valence-electron chi connectivity index (χ1n) is 9.03. The van der Waals surface area contributed by atoms with Crippen molar-refractivity contribution in [1.29, 1.82) is 0 Å². The van der Waals surface area contributed by atoms with Crippen molar-refractivity contribution in [3.8, 4) is 0 Å². The van der Waals surface area contributed by atoms with E-state index in [1.807, 2.05) is 6.07 Å². The highest BCUT2D eigenvalue weighted by Crippen LogP contribution is 2.59. The van der Waals surface area contributed by atoms with E-state index in [0.29, 0.717) is 5.92 Å². The average Bonchev–Trinajstić information content (AvgIpc) is 3.07. The summed E-state index contributed by atoms with van der Waals surface area (Å²) in [4.78, 5) is 14.6. The standard InChI is InChI=1S/C21H32N2O/c1-16(2)15-18-19(21(18,3)4)20(24)22-13-9-10-14-23(5)17-11-7-6-8-12-17/h6-8,11-12,15,18-19H,9-10,13-14H2,1-5H3,(H,22,24)/t18-,19-/m1/s1. The minimum Gasteiger partial charge on any atom is -0.375 e. The number of unbranched alkanes of at least 4 members (excludes halogenated alkanes) is 1. The van der Waals surface area contributed by atoms with Crippen LogP contribution in [0, 0.1) is 17.3 Å². The maximum Gasteiger partial charge on any atom is 0.224 e. The van der Waals surface area contributed by atoms with Gasteiger partial charge in [0.05, 0.1) is 5.92 Å². The largest absolute Gasteiger partial charge is 0.375 e. The van der Waals surface area contributed by atoms with Crippen LogP contribution in [-0.4, -0.2) is 26.0 Å². The van der Waals surface area contributed by atoms with Crippen LogP contribution in [0.1, 0.15) is 40.5 Å². The Morgan fingerprint density at radius 3 is 2.50 bits per heavy atom. The molecule has 0 aromatic heterocycles. The molecule has 1 aromatic carbocycles. The zero-order valence-electron chi connectivity index (χ0n) is 15.8. The van der Waals surface area contributed by atoms with Crippen LogP contribution in [0.5, 0.6) is 0 Å². The fourth-order valence-corrected chi connectivity index (χ4v) is 3.46. The molecule has 1 aliphatic carbocycles. The molecule has 2 rings (SSSR count). The van der Waals surface area contributed by atoms with Gasteiger partial charge in [-0.2, -0.15) is 0 Å². The number of amides is 1. The monoisotopic (exact) mass is 328 g/mol. The number of hydrogen-bond donors (Lipinski definition) is 1. The van der Waals surface area contributed by atoms with E-state index in [4.69, 9.17) is 0 Å². The van der Waals surface area contributed by atoms with E-state index in [0.717, 1.165) is 25.9 Å². The minimum atomic E-state index is 0.106. The third-order valence-electron chi connectivity index (χ3n) is 5.12. The molecular weight excluding hydrogens is 296 g/mol. The predicted octanol–water partition coefficient (Wildman–Crippen LogP) is 4.26. The van der Waals surface area contributed by atoms with Crippen molar-refractivity contribution < 1.29 is 4.79 Å². The summed E-state index contributed by atoms with van der Waals surface area (Å²) in [5.74, 6) is 0.755.